The van der Waals surface area contributed by atoms with Crippen molar-refractivity contribution in [1.29, 1.82) is 0 Å². The van der Waals surface area contributed by atoms with Gasteiger partial charge < -0.3 is 0 Å². The Kier molecular flexibility index (Phi) is 3.36. The molecule has 114 valence electrons. The van der Waals surface area contributed by atoms with Crippen LogP contribution in [0.2, 0.25) is 19.6 Å². The lowest BCUT2D eigenvalue weighted by molar-refractivity contribution is 1.34. The minimum Gasteiger partial charge on any atom is -0.256 e. The topological polar surface area (TPSA) is 12.9 Å². The van der Waals surface area contributed by atoms with E-state index < -0.39 is 8.07 Å². The molecule has 23 heavy (non-hydrogen) atoms. The number of nitrogens with zero attached hydrogens (tertiary/aromatic N) is 1. The molecule has 0 saturated heterocycles. The van der Waals surface area contributed by atoms with Gasteiger partial charge >= 0.3 is 0 Å². The van der Waals surface area contributed by atoms with Crippen molar-refractivity contribution in [3.05, 3.63) is 60.8 Å². The van der Waals surface area contributed by atoms with E-state index in [-0.39, 0.29) is 0 Å². The fourth-order valence-corrected chi connectivity index (χ4v) is 5.72. The van der Waals surface area contributed by atoms with Crippen LogP contribution >= 0.6 is 11.3 Å². The zero-order valence-corrected chi connectivity index (χ0v) is 15.4. The van der Waals surface area contributed by atoms with Crippen LogP contribution in [-0.4, -0.2) is 13.1 Å². The Morgan fingerprint density at radius 1 is 0.826 bits per heavy atom. The first-order valence-corrected chi connectivity index (χ1v) is 12.2. The summed E-state index contributed by atoms with van der Waals surface area (Å²) in [6, 6.07) is 19.8. The summed E-state index contributed by atoms with van der Waals surface area (Å²) in [7, 11) is -1.43. The number of hydrogen-bond donors (Lipinski definition) is 0. The molecule has 4 aromatic rings. The molecule has 1 nitrogen and oxygen atoms in total. The van der Waals surface area contributed by atoms with Crippen LogP contribution in [0.1, 0.15) is 0 Å². The van der Waals surface area contributed by atoms with E-state index in [1.54, 1.807) is 0 Å². The Hall–Kier alpha value is -1.97. The molecule has 0 N–H and O–H groups in total. The van der Waals surface area contributed by atoms with Gasteiger partial charge in [0.1, 0.15) is 0 Å². The molecule has 0 radical (unpaired) electrons. The fourth-order valence-electron chi connectivity index (χ4n) is 3.11. The van der Waals surface area contributed by atoms with Gasteiger partial charge in [0, 0.05) is 31.9 Å². The van der Waals surface area contributed by atoms with E-state index in [0.29, 0.717) is 0 Å². The van der Waals surface area contributed by atoms with E-state index in [4.69, 9.17) is 4.98 Å². The van der Waals surface area contributed by atoms with Crippen molar-refractivity contribution in [3.8, 4) is 11.3 Å². The minimum atomic E-state index is -1.43. The molecule has 0 unspecified atom stereocenters. The molecule has 0 saturated carbocycles. The summed E-state index contributed by atoms with van der Waals surface area (Å²) in [6.45, 7) is 7.14. The molecular weight excluding hydrogens is 314 g/mol. The summed E-state index contributed by atoms with van der Waals surface area (Å²) >= 11 is 1.86. The molecule has 0 aliphatic rings. The molecule has 0 fully saturated rings. The summed E-state index contributed by atoms with van der Waals surface area (Å²) in [5.41, 5.74) is 2.39. The highest BCUT2D eigenvalue weighted by molar-refractivity contribution is 7.25. The predicted octanol–water partition coefficient (Wildman–Crippen LogP) is 5.66. The van der Waals surface area contributed by atoms with Crippen molar-refractivity contribution in [1.82, 2.24) is 4.98 Å². The second-order valence-electron chi connectivity index (χ2n) is 6.96. The Bertz CT molecular complexity index is 1010. The van der Waals surface area contributed by atoms with Gasteiger partial charge in [0.05, 0.1) is 13.8 Å². The van der Waals surface area contributed by atoms with Crippen LogP contribution in [-0.2, 0) is 0 Å². The Morgan fingerprint density at radius 2 is 1.61 bits per heavy atom. The van der Waals surface area contributed by atoms with Crippen LogP contribution in [0.4, 0.5) is 0 Å². The van der Waals surface area contributed by atoms with Crippen LogP contribution in [0.3, 0.4) is 0 Å². The van der Waals surface area contributed by atoms with Crippen LogP contribution < -0.4 is 5.19 Å². The largest absolute Gasteiger partial charge is 0.256 e. The molecule has 0 aliphatic carbocycles. The average molecular weight is 334 g/mol. The molecule has 0 bridgehead atoms. The Balaban J connectivity index is 1.99. The summed E-state index contributed by atoms with van der Waals surface area (Å²) < 4.78 is 2.70. The minimum absolute atomic E-state index is 1.16. The maximum absolute atomic E-state index is 4.72. The van der Waals surface area contributed by atoms with Crippen LogP contribution in [0.5, 0.6) is 0 Å². The van der Waals surface area contributed by atoms with Gasteiger partial charge in [-0.3, -0.25) is 4.98 Å². The highest BCUT2D eigenvalue weighted by Gasteiger charge is 2.21. The fraction of sp³-hybridized carbons (Fsp3) is 0.150. The third-order valence-corrected chi connectivity index (χ3v) is 7.44. The van der Waals surface area contributed by atoms with Gasteiger partial charge in [0.2, 0.25) is 0 Å². The molecule has 0 atom stereocenters. The molecule has 3 heteroatoms. The summed E-state index contributed by atoms with van der Waals surface area (Å²) in [6.07, 6.45) is 1.91. The van der Waals surface area contributed by atoms with Gasteiger partial charge in [0.15, 0.2) is 0 Å². The average Bonchev–Trinajstić information content (AvgIpc) is 2.92. The highest BCUT2D eigenvalue weighted by atomic mass is 32.1. The number of hydrogen-bond acceptors (Lipinski definition) is 2. The second-order valence-corrected chi connectivity index (χ2v) is 13.1. The lowest BCUT2D eigenvalue weighted by atomic mass is 10.1. The zero-order valence-electron chi connectivity index (χ0n) is 13.6. The number of rotatable bonds is 2. The first kappa shape index (κ1) is 14.6. The maximum atomic E-state index is 4.72. The second kappa shape index (κ2) is 5.29. The molecule has 2 aromatic carbocycles. The van der Waals surface area contributed by atoms with E-state index in [0.717, 1.165) is 5.69 Å². The smallest absolute Gasteiger partial charge is 0.0804 e. The van der Waals surface area contributed by atoms with E-state index in [2.05, 4.69) is 74.2 Å². The number of pyridine rings is 1. The van der Waals surface area contributed by atoms with Crippen LogP contribution in [0.25, 0.3) is 31.4 Å². The zero-order chi connectivity index (χ0) is 16.0. The molecule has 0 amide bonds. The molecule has 4 rings (SSSR count). The quantitative estimate of drug-likeness (QED) is 0.431. The Labute approximate surface area is 141 Å². The molecule has 2 heterocycles. The van der Waals surface area contributed by atoms with Crippen molar-refractivity contribution in [3.63, 3.8) is 0 Å². The predicted molar refractivity (Wildman–Crippen MR) is 106 cm³/mol. The lowest BCUT2D eigenvalue weighted by Crippen LogP contribution is -2.39. The van der Waals surface area contributed by atoms with E-state index >= 15 is 0 Å². The van der Waals surface area contributed by atoms with Gasteiger partial charge in [-0.2, -0.15) is 0 Å². The molecule has 2 aromatic heterocycles. The first-order chi connectivity index (χ1) is 11.0. The lowest BCUT2D eigenvalue weighted by Gasteiger charge is -2.20. The number of aromatic nitrogens is 1. The SMILES string of the molecule is C[Si](C)(C)c1cccnc1-c1ccc2sc3ccccc3c2c1. The van der Waals surface area contributed by atoms with Gasteiger partial charge in [-0.05, 0) is 29.5 Å². The van der Waals surface area contributed by atoms with Crippen molar-refractivity contribution in [2.24, 2.45) is 0 Å². The summed E-state index contributed by atoms with van der Waals surface area (Å²) in [4.78, 5) is 4.72. The van der Waals surface area contributed by atoms with Crippen molar-refractivity contribution in [2.45, 2.75) is 19.6 Å². The first-order valence-electron chi connectivity index (χ1n) is 7.91. The number of fused-ring (bicyclic) bond motifs is 3. The van der Waals surface area contributed by atoms with Gasteiger partial charge in [-0.1, -0.05) is 50.0 Å². The van der Waals surface area contributed by atoms with Crippen molar-refractivity contribution in [2.75, 3.05) is 0 Å². The van der Waals surface area contributed by atoms with Crippen LogP contribution in [0, 0.1) is 0 Å². The maximum Gasteiger partial charge on any atom is 0.0804 e. The third-order valence-electron chi connectivity index (χ3n) is 4.27. The molecule has 0 aliphatic heterocycles. The normalized spacial score (nSPS) is 12.1. The van der Waals surface area contributed by atoms with E-state index in [9.17, 15) is 0 Å². The van der Waals surface area contributed by atoms with Crippen molar-refractivity contribution < 1.29 is 0 Å². The Morgan fingerprint density at radius 3 is 2.43 bits per heavy atom. The highest BCUT2D eigenvalue weighted by Crippen LogP contribution is 2.35. The third kappa shape index (κ3) is 2.50. The monoisotopic (exact) mass is 333 g/mol. The van der Waals surface area contributed by atoms with Crippen molar-refractivity contribution >= 4 is 44.8 Å². The van der Waals surface area contributed by atoms with Gasteiger partial charge in [-0.15, -0.1) is 11.3 Å². The summed E-state index contributed by atoms with van der Waals surface area (Å²) in [5, 5.41) is 4.12. The number of benzene rings is 2. The summed E-state index contributed by atoms with van der Waals surface area (Å²) in [5.74, 6) is 0. The van der Waals surface area contributed by atoms with Gasteiger partial charge in [0.25, 0.3) is 0 Å². The van der Waals surface area contributed by atoms with Gasteiger partial charge in [-0.25, -0.2) is 0 Å². The van der Waals surface area contributed by atoms with E-state index in [1.165, 1.54) is 30.9 Å². The number of thiophene rings is 1. The van der Waals surface area contributed by atoms with E-state index in [1.807, 2.05) is 17.5 Å². The molecular formula is C20H19NSSi. The molecule has 0 spiro atoms. The van der Waals surface area contributed by atoms with Crippen LogP contribution in [0.15, 0.2) is 60.8 Å². The standard InChI is InChI=1S/C20H19NSSi/c1-23(2,3)19-9-6-12-21-20(19)14-10-11-18-16(13-14)15-7-4-5-8-17(15)22-18/h4-13H,1-3H3.